The second-order valence-corrected chi connectivity index (χ2v) is 9.34. The van der Waals surface area contributed by atoms with Gasteiger partial charge in [0.2, 0.25) is 5.79 Å². The molecule has 1 fully saturated rings. The molecule has 1 aliphatic rings. The Hall–Kier alpha value is -5.60. The maximum atomic E-state index is 13.1. The van der Waals surface area contributed by atoms with Crippen molar-refractivity contribution in [2.45, 2.75) is 24.1 Å². The summed E-state index contributed by atoms with van der Waals surface area (Å²) in [7, 11) is 0. The fraction of sp³-hybridized carbons (Fsp3) is 0.200. The zero-order valence-electron chi connectivity index (χ0n) is 22.8. The van der Waals surface area contributed by atoms with Crippen molar-refractivity contribution < 1.29 is 48.0 Å². The summed E-state index contributed by atoms with van der Waals surface area (Å²) in [6.07, 6.45) is 6.08. The topological polar surface area (TPSA) is 186 Å². The molecule has 4 aromatic rings. The molecule has 14 nitrogen and oxygen atoms in total. The van der Waals surface area contributed by atoms with Crippen molar-refractivity contribution in [2.75, 3.05) is 13.2 Å². The van der Waals surface area contributed by atoms with Crippen LogP contribution in [0.2, 0.25) is 0 Å². The van der Waals surface area contributed by atoms with Crippen LogP contribution in [0.3, 0.4) is 0 Å². The van der Waals surface area contributed by atoms with E-state index in [4.69, 9.17) is 23.7 Å². The number of ether oxygens (including phenoxy) is 5. The molecule has 0 aromatic carbocycles. The van der Waals surface area contributed by atoms with Crippen LogP contribution in [-0.2, 0) is 23.7 Å². The Balaban J connectivity index is 1.44. The van der Waals surface area contributed by atoms with E-state index >= 15 is 0 Å². The van der Waals surface area contributed by atoms with Gasteiger partial charge in [0, 0.05) is 49.6 Å². The van der Waals surface area contributed by atoms with E-state index in [0.717, 1.165) is 0 Å². The molecule has 14 heteroatoms. The van der Waals surface area contributed by atoms with Gasteiger partial charge in [-0.3, -0.25) is 19.9 Å². The molecule has 0 radical (unpaired) electrons. The largest absolute Gasteiger partial charge is 0.459 e. The first kappa shape index (κ1) is 29.9. The lowest BCUT2D eigenvalue weighted by atomic mass is 10.0. The van der Waals surface area contributed by atoms with Crippen LogP contribution in [0.1, 0.15) is 41.4 Å². The van der Waals surface area contributed by atoms with Gasteiger partial charge < -0.3 is 28.8 Å². The van der Waals surface area contributed by atoms with Crippen molar-refractivity contribution in [1.29, 1.82) is 0 Å². The third kappa shape index (κ3) is 7.06. The molecule has 0 saturated carbocycles. The first-order valence-corrected chi connectivity index (χ1v) is 13.1. The lowest BCUT2D eigenvalue weighted by Gasteiger charge is -2.29. The quantitative estimate of drug-likeness (QED) is 0.205. The molecular weight excluding hydrogens is 576 g/mol. The van der Waals surface area contributed by atoms with Gasteiger partial charge in [0.25, 0.3) is 0 Å². The molecule has 1 saturated heterocycles. The molecule has 4 atom stereocenters. The average molecular weight is 601 g/mol. The maximum absolute atomic E-state index is 13.1. The van der Waals surface area contributed by atoms with Crippen molar-refractivity contribution in [3.63, 3.8) is 0 Å². The normalized spacial score (nSPS) is 20.7. The number of hydrogen-bond donors (Lipinski definition) is 1. The monoisotopic (exact) mass is 600 g/mol. The predicted molar refractivity (Wildman–Crippen MR) is 146 cm³/mol. The fourth-order valence-corrected chi connectivity index (χ4v) is 4.19. The summed E-state index contributed by atoms with van der Waals surface area (Å²) in [5.41, 5.74) is 0.231. The summed E-state index contributed by atoms with van der Waals surface area (Å²) in [5, 5.41) is 11.7. The number of aromatic nitrogens is 4. The molecule has 0 amide bonds. The Bertz CT molecular complexity index is 1600. The number of aliphatic hydroxyl groups is 1. The summed E-state index contributed by atoms with van der Waals surface area (Å²) >= 11 is 0. The molecule has 4 aromatic heterocycles. The SMILES string of the molecule is O=C(OC[C@@H]1O[C@@](O)(COC(=O)c2cccnc2)[C@H](OC(=O)c2cccnc2)[C@H]1OC(=O)c1cccnc1)c1cccnc1. The van der Waals surface area contributed by atoms with E-state index in [1.165, 1.54) is 98.1 Å². The number of rotatable bonds is 10. The van der Waals surface area contributed by atoms with E-state index in [0.29, 0.717) is 0 Å². The van der Waals surface area contributed by atoms with E-state index < -0.39 is 61.2 Å². The highest BCUT2D eigenvalue weighted by Crippen LogP contribution is 2.36. The molecule has 0 unspecified atom stereocenters. The van der Waals surface area contributed by atoms with Gasteiger partial charge in [-0.25, -0.2) is 19.2 Å². The Labute approximate surface area is 249 Å². The van der Waals surface area contributed by atoms with Crippen LogP contribution in [0, 0.1) is 0 Å². The molecule has 5 heterocycles. The number of pyridine rings is 4. The van der Waals surface area contributed by atoms with Crippen LogP contribution in [0.15, 0.2) is 98.1 Å². The highest BCUT2D eigenvalue weighted by molar-refractivity contribution is 5.91. The molecule has 0 bridgehead atoms. The second-order valence-electron chi connectivity index (χ2n) is 9.34. The summed E-state index contributed by atoms with van der Waals surface area (Å²) in [5.74, 6) is -6.10. The number of esters is 4. The van der Waals surface area contributed by atoms with Crippen LogP contribution in [-0.4, -0.2) is 86.2 Å². The molecular formula is C30H24N4O10. The van der Waals surface area contributed by atoms with Crippen LogP contribution in [0.4, 0.5) is 0 Å². The molecule has 0 aliphatic carbocycles. The van der Waals surface area contributed by atoms with E-state index in [1.807, 2.05) is 0 Å². The van der Waals surface area contributed by atoms with Gasteiger partial charge in [-0.2, -0.15) is 0 Å². The Kier molecular flexibility index (Phi) is 9.22. The summed E-state index contributed by atoms with van der Waals surface area (Å²) in [6.45, 7) is -1.45. The number of hydrogen-bond acceptors (Lipinski definition) is 14. The zero-order chi connectivity index (χ0) is 30.9. The first-order chi connectivity index (χ1) is 21.3. The Morgan fingerprint density at radius 2 is 1.09 bits per heavy atom. The van der Waals surface area contributed by atoms with E-state index in [2.05, 4.69) is 19.9 Å². The number of carbonyl (C=O) groups excluding carboxylic acids is 4. The van der Waals surface area contributed by atoms with Crippen LogP contribution < -0.4 is 0 Å². The third-order valence-electron chi connectivity index (χ3n) is 6.32. The average Bonchev–Trinajstić information content (AvgIpc) is 3.33. The van der Waals surface area contributed by atoms with Crippen molar-refractivity contribution in [2.24, 2.45) is 0 Å². The fourth-order valence-electron chi connectivity index (χ4n) is 4.19. The van der Waals surface area contributed by atoms with Gasteiger partial charge in [-0.1, -0.05) is 0 Å². The molecule has 224 valence electrons. The predicted octanol–water partition coefficient (Wildman–Crippen LogP) is 1.82. The van der Waals surface area contributed by atoms with E-state index in [1.54, 1.807) is 0 Å². The number of nitrogens with zero attached hydrogens (tertiary/aromatic N) is 4. The standard InChI is InChI=1S/C30H24N4O10/c35-26(19-5-1-9-31-13-19)40-17-23-24(42-28(37)21-7-3-11-33-15-21)25(43-29(38)22-8-4-12-34-16-22)30(39,44-23)18-41-27(36)20-6-2-10-32-14-20/h1-16,23-25,39H,17-18H2/t23-,24-,25+,30-/m0/s1. The van der Waals surface area contributed by atoms with E-state index in [9.17, 15) is 24.3 Å². The van der Waals surface area contributed by atoms with Crippen molar-refractivity contribution in [3.8, 4) is 0 Å². The molecule has 5 rings (SSSR count). The Morgan fingerprint density at radius 3 is 1.55 bits per heavy atom. The van der Waals surface area contributed by atoms with Gasteiger partial charge in [-0.05, 0) is 48.5 Å². The van der Waals surface area contributed by atoms with Gasteiger partial charge in [0.1, 0.15) is 19.3 Å². The van der Waals surface area contributed by atoms with Crippen molar-refractivity contribution >= 4 is 23.9 Å². The van der Waals surface area contributed by atoms with Crippen LogP contribution in [0.25, 0.3) is 0 Å². The molecule has 1 aliphatic heterocycles. The molecule has 1 N–H and O–H groups in total. The lowest BCUT2D eigenvalue weighted by Crippen LogP contribution is -2.51. The highest BCUT2D eigenvalue weighted by atomic mass is 16.7. The van der Waals surface area contributed by atoms with Gasteiger partial charge >= 0.3 is 23.9 Å². The summed E-state index contributed by atoms with van der Waals surface area (Å²) in [6, 6.07) is 11.8. The first-order valence-electron chi connectivity index (χ1n) is 13.1. The summed E-state index contributed by atoms with van der Waals surface area (Å²) < 4.78 is 27.8. The maximum Gasteiger partial charge on any atom is 0.340 e. The summed E-state index contributed by atoms with van der Waals surface area (Å²) in [4.78, 5) is 67.1. The Morgan fingerprint density at radius 1 is 0.659 bits per heavy atom. The minimum absolute atomic E-state index is 0.00555. The van der Waals surface area contributed by atoms with Gasteiger partial charge in [-0.15, -0.1) is 0 Å². The van der Waals surface area contributed by atoms with Gasteiger partial charge in [0.15, 0.2) is 12.2 Å². The smallest absolute Gasteiger partial charge is 0.340 e. The van der Waals surface area contributed by atoms with Crippen LogP contribution in [0.5, 0.6) is 0 Å². The highest BCUT2D eigenvalue weighted by Gasteiger charge is 2.60. The van der Waals surface area contributed by atoms with Crippen molar-refractivity contribution in [3.05, 3.63) is 120 Å². The van der Waals surface area contributed by atoms with Gasteiger partial charge in [0.05, 0.1) is 22.3 Å². The minimum Gasteiger partial charge on any atom is -0.459 e. The molecule has 0 spiro atoms. The minimum atomic E-state index is -2.57. The second kappa shape index (κ2) is 13.6. The third-order valence-corrected chi connectivity index (χ3v) is 6.32. The van der Waals surface area contributed by atoms with Crippen LogP contribution >= 0.6 is 0 Å². The van der Waals surface area contributed by atoms with Crippen molar-refractivity contribution in [1.82, 2.24) is 19.9 Å². The lowest BCUT2D eigenvalue weighted by molar-refractivity contribution is -0.247. The zero-order valence-corrected chi connectivity index (χ0v) is 22.8. The van der Waals surface area contributed by atoms with E-state index in [-0.39, 0.29) is 22.3 Å². The number of carbonyl (C=O) groups is 4. The molecule has 44 heavy (non-hydrogen) atoms.